The molecule has 9 heteroatoms. The summed E-state index contributed by atoms with van der Waals surface area (Å²) in [5.41, 5.74) is 1.25. The minimum Gasteiger partial charge on any atom is -0.308 e. The lowest BCUT2D eigenvalue weighted by atomic mass is 9.97. The molecule has 1 amide bonds. The lowest BCUT2D eigenvalue weighted by molar-refractivity contribution is -0.385. The Morgan fingerprint density at radius 1 is 1.22 bits per heavy atom. The molecule has 0 bridgehead atoms. The molecule has 0 radical (unpaired) electrons. The average molecular weight is 392 g/mol. The normalized spacial score (nSPS) is 14.0. The van der Waals surface area contributed by atoms with Crippen molar-refractivity contribution in [3.05, 3.63) is 63.0 Å². The first kappa shape index (κ1) is 19.0. The molecular weight excluding hydrogens is 375 g/mol. The number of amides is 1. The second-order valence-electron chi connectivity index (χ2n) is 6.54. The quantitative estimate of drug-likeness (QED) is 0.591. The Kier molecular flexibility index (Phi) is 4.73. The molecule has 0 aromatic heterocycles. The van der Waals surface area contributed by atoms with Gasteiger partial charge in [-0.3, -0.25) is 14.9 Å². The van der Waals surface area contributed by atoms with E-state index < -0.39 is 32.2 Å². The smallest absolute Gasteiger partial charge is 0.271 e. The number of carbonyl (C=O) groups is 1. The number of aryl methyl sites for hydroxylation is 2. The largest absolute Gasteiger partial charge is 0.308 e. The van der Waals surface area contributed by atoms with E-state index in [0.717, 1.165) is 24.5 Å². The van der Waals surface area contributed by atoms with Gasteiger partial charge in [-0.25, -0.2) is 12.8 Å². The molecule has 1 heterocycles. The van der Waals surface area contributed by atoms with Gasteiger partial charge in [0.15, 0.2) is 9.84 Å². The Morgan fingerprint density at radius 2 is 1.93 bits per heavy atom. The van der Waals surface area contributed by atoms with Gasteiger partial charge in [-0.15, -0.1) is 0 Å². The van der Waals surface area contributed by atoms with Crippen molar-refractivity contribution >= 4 is 27.1 Å². The molecule has 1 aliphatic heterocycles. The van der Waals surface area contributed by atoms with Crippen molar-refractivity contribution in [2.45, 2.75) is 24.7 Å². The van der Waals surface area contributed by atoms with Gasteiger partial charge in [0.1, 0.15) is 5.82 Å². The molecule has 0 unspecified atom stereocenters. The minimum absolute atomic E-state index is 0.0961. The van der Waals surface area contributed by atoms with Crippen LogP contribution < -0.4 is 4.90 Å². The summed E-state index contributed by atoms with van der Waals surface area (Å²) < 4.78 is 37.4. The van der Waals surface area contributed by atoms with Crippen molar-refractivity contribution in [3.8, 4) is 0 Å². The third kappa shape index (κ3) is 3.68. The third-order valence-electron chi connectivity index (χ3n) is 4.46. The van der Waals surface area contributed by atoms with E-state index in [4.69, 9.17) is 0 Å². The number of benzene rings is 2. The van der Waals surface area contributed by atoms with Crippen molar-refractivity contribution in [2.24, 2.45) is 0 Å². The van der Waals surface area contributed by atoms with Crippen molar-refractivity contribution in [2.75, 3.05) is 17.7 Å². The Morgan fingerprint density at radius 3 is 2.56 bits per heavy atom. The van der Waals surface area contributed by atoms with Crippen molar-refractivity contribution in [1.82, 2.24) is 0 Å². The zero-order valence-electron chi connectivity index (χ0n) is 14.7. The number of sulfone groups is 1. The number of nitrogens with zero attached hydrogens (tertiary/aromatic N) is 2. The van der Waals surface area contributed by atoms with Gasteiger partial charge in [-0.1, -0.05) is 0 Å². The summed E-state index contributed by atoms with van der Waals surface area (Å²) in [6.07, 6.45) is 2.14. The molecule has 27 heavy (non-hydrogen) atoms. The Hall–Kier alpha value is -2.81. The first-order chi connectivity index (χ1) is 12.6. The third-order valence-corrected chi connectivity index (χ3v) is 5.56. The van der Waals surface area contributed by atoms with Crippen molar-refractivity contribution in [3.63, 3.8) is 0 Å². The topological polar surface area (TPSA) is 97.6 Å². The number of nitro groups is 1. The zero-order chi connectivity index (χ0) is 19.9. The molecule has 0 aliphatic carbocycles. The summed E-state index contributed by atoms with van der Waals surface area (Å²) in [5, 5.41) is 11.2. The monoisotopic (exact) mass is 392 g/mol. The van der Waals surface area contributed by atoms with E-state index in [-0.39, 0.29) is 10.5 Å². The summed E-state index contributed by atoms with van der Waals surface area (Å²) in [6.45, 7) is 2.04. The van der Waals surface area contributed by atoms with Gasteiger partial charge >= 0.3 is 0 Å². The first-order valence-corrected chi connectivity index (χ1v) is 10.1. The van der Waals surface area contributed by atoms with Crippen LogP contribution in [0, 0.1) is 22.9 Å². The van der Waals surface area contributed by atoms with Gasteiger partial charge in [-0.05, 0) is 49.1 Å². The van der Waals surface area contributed by atoms with Gasteiger partial charge < -0.3 is 4.90 Å². The summed E-state index contributed by atoms with van der Waals surface area (Å²) in [4.78, 5) is 24.6. The predicted molar refractivity (Wildman–Crippen MR) is 97.3 cm³/mol. The molecule has 3 rings (SSSR count). The molecule has 0 fully saturated rings. The van der Waals surface area contributed by atoms with E-state index in [9.17, 15) is 27.7 Å². The molecular formula is C18H17FN2O5S. The molecule has 7 nitrogen and oxygen atoms in total. The number of halogens is 1. The van der Waals surface area contributed by atoms with Gasteiger partial charge in [0.2, 0.25) is 0 Å². The minimum atomic E-state index is -3.74. The fraction of sp³-hybridized carbons (Fsp3) is 0.278. The fourth-order valence-electron chi connectivity index (χ4n) is 3.31. The maximum atomic E-state index is 13.7. The number of carbonyl (C=O) groups excluding carboxylic acids is 1. The molecule has 0 spiro atoms. The highest BCUT2D eigenvalue weighted by molar-refractivity contribution is 7.90. The zero-order valence-corrected chi connectivity index (χ0v) is 15.5. The summed E-state index contributed by atoms with van der Waals surface area (Å²) in [5.74, 6) is -0.950. The van der Waals surface area contributed by atoms with Crippen LogP contribution in [0.5, 0.6) is 0 Å². The van der Waals surface area contributed by atoms with Crippen LogP contribution in [0.1, 0.15) is 27.9 Å². The summed E-state index contributed by atoms with van der Waals surface area (Å²) >= 11 is 0. The van der Waals surface area contributed by atoms with Gasteiger partial charge in [0, 0.05) is 30.5 Å². The Bertz CT molecular complexity index is 1070. The van der Waals surface area contributed by atoms with Crippen LogP contribution in [0.4, 0.5) is 15.8 Å². The van der Waals surface area contributed by atoms with Crippen LogP contribution in [0.2, 0.25) is 0 Å². The van der Waals surface area contributed by atoms with Crippen LogP contribution in [-0.2, 0) is 16.3 Å². The van der Waals surface area contributed by atoms with Crippen molar-refractivity contribution < 1.29 is 22.5 Å². The number of fused-ring (bicyclic) bond motifs is 1. The molecule has 0 atom stereocenters. The number of non-ortho nitro benzene ring substituents is 1. The lowest BCUT2D eigenvalue weighted by Gasteiger charge is -2.31. The molecule has 2 aromatic rings. The van der Waals surface area contributed by atoms with Crippen LogP contribution in [0.15, 0.2) is 35.2 Å². The number of hydrogen-bond donors (Lipinski definition) is 0. The van der Waals surface area contributed by atoms with Crippen LogP contribution in [0.25, 0.3) is 0 Å². The van der Waals surface area contributed by atoms with Gasteiger partial charge in [0.05, 0.1) is 15.5 Å². The van der Waals surface area contributed by atoms with E-state index in [0.29, 0.717) is 36.2 Å². The van der Waals surface area contributed by atoms with Crippen molar-refractivity contribution in [1.29, 1.82) is 0 Å². The standard InChI is InChI=1S/C18H17FN2O5S/c1-11-6-14(19)7-12-4-3-5-20(17(11)12)18(22)13-8-15(21(23)24)10-16(9-13)27(2,25)26/h6-10H,3-5H2,1-2H3. The van der Waals surface area contributed by atoms with Crippen LogP contribution in [0.3, 0.4) is 0 Å². The molecule has 1 aliphatic rings. The molecule has 0 saturated heterocycles. The molecule has 0 N–H and O–H groups in total. The highest BCUT2D eigenvalue weighted by Gasteiger charge is 2.28. The Labute approximate surface area is 155 Å². The number of anilines is 1. The molecule has 2 aromatic carbocycles. The van der Waals surface area contributed by atoms with E-state index in [1.54, 1.807) is 6.92 Å². The van der Waals surface area contributed by atoms with E-state index in [1.165, 1.54) is 17.0 Å². The van der Waals surface area contributed by atoms with Gasteiger partial charge in [0.25, 0.3) is 11.6 Å². The number of nitro benzene ring substituents is 1. The second kappa shape index (κ2) is 6.73. The highest BCUT2D eigenvalue weighted by Crippen LogP contribution is 2.33. The summed E-state index contributed by atoms with van der Waals surface area (Å²) in [6, 6.07) is 5.82. The maximum Gasteiger partial charge on any atom is 0.271 e. The van der Waals surface area contributed by atoms with E-state index in [1.807, 2.05) is 0 Å². The second-order valence-corrected chi connectivity index (χ2v) is 8.55. The first-order valence-electron chi connectivity index (χ1n) is 8.18. The molecule has 0 saturated carbocycles. The van der Waals surface area contributed by atoms with E-state index >= 15 is 0 Å². The maximum absolute atomic E-state index is 13.7. The van der Waals surface area contributed by atoms with Gasteiger partial charge in [-0.2, -0.15) is 0 Å². The number of hydrogen-bond acceptors (Lipinski definition) is 5. The average Bonchev–Trinajstić information content (AvgIpc) is 2.59. The van der Waals surface area contributed by atoms with Crippen LogP contribution >= 0.6 is 0 Å². The summed E-state index contributed by atoms with van der Waals surface area (Å²) in [7, 11) is -3.74. The lowest BCUT2D eigenvalue weighted by Crippen LogP contribution is -2.36. The highest BCUT2D eigenvalue weighted by atomic mass is 32.2. The fourth-order valence-corrected chi connectivity index (χ4v) is 3.98. The predicted octanol–water partition coefficient (Wildman–Crippen LogP) is 3.04. The molecule has 142 valence electrons. The van der Waals surface area contributed by atoms with E-state index in [2.05, 4.69) is 0 Å². The number of rotatable bonds is 3. The SMILES string of the molecule is Cc1cc(F)cc2c1N(C(=O)c1cc([N+](=O)[O-])cc(S(C)(=O)=O)c1)CCC2. The Balaban J connectivity index is 2.13. The van der Waals surface area contributed by atoms with Crippen LogP contribution in [-0.4, -0.2) is 32.0 Å².